The maximum absolute atomic E-state index is 6.25. The number of hydrogen-bond acceptors (Lipinski definition) is 0. The zero-order valence-corrected chi connectivity index (χ0v) is 12.1. The van der Waals surface area contributed by atoms with Gasteiger partial charge in [-0.15, -0.1) is 11.6 Å². The maximum atomic E-state index is 6.25. The Morgan fingerprint density at radius 3 is 2.18 bits per heavy atom. The minimum absolute atomic E-state index is 0.240. The predicted octanol–water partition coefficient (Wildman–Crippen LogP) is 5.03. The van der Waals surface area contributed by atoms with Crippen LogP contribution in [0.15, 0.2) is 24.3 Å². The Kier molecular flexibility index (Phi) is 3.29. The van der Waals surface area contributed by atoms with E-state index >= 15 is 0 Å². The van der Waals surface area contributed by atoms with E-state index in [1.165, 1.54) is 17.5 Å². The molecule has 1 heteroatoms. The molecular formula is C16H23Cl. The molecule has 0 spiro atoms. The van der Waals surface area contributed by atoms with Crippen LogP contribution < -0.4 is 0 Å². The fraction of sp³-hybridized carbons (Fsp3) is 0.625. The molecule has 17 heavy (non-hydrogen) atoms. The van der Waals surface area contributed by atoms with Crippen LogP contribution in [0.2, 0.25) is 0 Å². The van der Waals surface area contributed by atoms with Crippen LogP contribution in [-0.2, 0) is 10.8 Å². The van der Waals surface area contributed by atoms with Crippen LogP contribution in [0.1, 0.15) is 58.1 Å². The van der Waals surface area contributed by atoms with Crippen molar-refractivity contribution in [3.8, 4) is 0 Å². The summed E-state index contributed by atoms with van der Waals surface area (Å²) in [6.45, 7) is 9.12. The third-order valence-electron chi connectivity index (χ3n) is 4.13. The lowest BCUT2D eigenvalue weighted by molar-refractivity contribution is 0.491. The molecule has 0 bridgehead atoms. The van der Waals surface area contributed by atoms with E-state index in [1.54, 1.807) is 0 Å². The second-order valence-electron chi connectivity index (χ2n) is 6.73. The van der Waals surface area contributed by atoms with Crippen molar-refractivity contribution in [3.05, 3.63) is 35.4 Å². The highest BCUT2D eigenvalue weighted by Crippen LogP contribution is 2.43. The zero-order chi connectivity index (χ0) is 12.7. The Bertz CT molecular complexity index is 385. The molecule has 0 amide bonds. The fourth-order valence-corrected chi connectivity index (χ4v) is 3.25. The molecule has 0 aromatic heterocycles. The molecule has 1 aromatic carbocycles. The van der Waals surface area contributed by atoms with Gasteiger partial charge in [-0.2, -0.15) is 0 Å². The Hall–Kier alpha value is -0.490. The minimum atomic E-state index is 0.240. The predicted molar refractivity (Wildman–Crippen MR) is 76.0 cm³/mol. The summed E-state index contributed by atoms with van der Waals surface area (Å²) < 4.78 is 0. The van der Waals surface area contributed by atoms with Crippen LogP contribution in [0.5, 0.6) is 0 Å². The van der Waals surface area contributed by atoms with Gasteiger partial charge in [-0.1, -0.05) is 52.0 Å². The summed E-state index contributed by atoms with van der Waals surface area (Å²) in [6.07, 6.45) is 3.48. The highest BCUT2D eigenvalue weighted by Gasteiger charge is 2.35. The van der Waals surface area contributed by atoms with Gasteiger partial charge in [0.05, 0.1) is 0 Å². The van der Waals surface area contributed by atoms with Gasteiger partial charge in [0.1, 0.15) is 0 Å². The smallest absolute Gasteiger partial charge is 0.0344 e. The number of alkyl halides is 1. The topological polar surface area (TPSA) is 0 Å². The van der Waals surface area contributed by atoms with Crippen LogP contribution >= 0.6 is 11.6 Å². The minimum Gasteiger partial charge on any atom is -0.123 e. The zero-order valence-electron chi connectivity index (χ0n) is 11.4. The summed E-state index contributed by atoms with van der Waals surface area (Å²) in [5, 5.41) is 0.363. The molecule has 0 heterocycles. The lowest BCUT2D eigenvalue weighted by atomic mass is 9.79. The van der Waals surface area contributed by atoms with Crippen LogP contribution in [0.25, 0.3) is 0 Å². The molecule has 1 saturated carbocycles. The monoisotopic (exact) mass is 250 g/mol. The van der Waals surface area contributed by atoms with Crippen molar-refractivity contribution in [2.45, 2.75) is 63.2 Å². The van der Waals surface area contributed by atoms with Crippen molar-refractivity contribution in [2.75, 3.05) is 0 Å². The van der Waals surface area contributed by atoms with Crippen molar-refractivity contribution in [2.24, 2.45) is 0 Å². The first-order valence-corrected chi connectivity index (χ1v) is 7.00. The molecule has 1 fully saturated rings. The second kappa shape index (κ2) is 4.31. The van der Waals surface area contributed by atoms with Gasteiger partial charge in [0.15, 0.2) is 0 Å². The summed E-state index contributed by atoms with van der Waals surface area (Å²) in [7, 11) is 0. The average molecular weight is 251 g/mol. The van der Waals surface area contributed by atoms with E-state index in [-0.39, 0.29) is 5.41 Å². The van der Waals surface area contributed by atoms with E-state index in [0.29, 0.717) is 10.8 Å². The quantitative estimate of drug-likeness (QED) is 0.613. The Morgan fingerprint density at radius 2 is 1.76 bits per heavy atom. The largest absolute Gasteiger partial charge is 0.123 e. The van der Waals surface area contributed by atoms with Crippen molar-refractivity contribution < 1.29 is 0 Å². The van der Waals surface area contributed by atoms with Crippen molar-refractivity contribution in [3.63, 3.8) is 0 Å². The normalized spacial score (nSPS) is 29.6. The van der Waals surface area contributed by atoms with Gasteiger partial charge in [0.2, 0.25) is 0 Å². The summed E-state index contributed by atoms with van der Waals surface area (Å²) >= 11 is 6.25. The number of rotatable bonds is 1. The van der Waals surface area contributed by atoms with Crippen molar-refractivity contribution in [1.82, 2.24) is 0 Å². The van der Waals surface area contributed by atoms with Crippen LogP contribution in [0, 0.1) is 0 Å². The molecule has 0 radical (unpaired) electrons. The third-order valence-corrected chi connectivity index (χ3v) is 4.50. The lowest BCUT2D eigenvalue weighted by Crippen LogP contribution is -2.18. The second-order valence-corrected chi connectivity index (χ2v) is 7.35. The summed E-state index contributed by atoms with van der Waals surface area (Å²) in [5.41, 5.74) is 3.39. The van der Waals surface area contributed by atoms with Crippen LogP contribution in [-0.4, -0.2) is 5.38 Å². The standard InChI is InChI=1S/C16H23Cl/c1-15(2,3)12-5-7-13(8-6-12)16(4)10-9-14(17)11-16/h5-8,14H,9-11H2,1-4H3. The molecule has 94 valence electrons. The van der Waals surface area contributed by atoms with E-state index in [4.69, 9.17) is 11.6 Å². The molecule has 0 aliphatic heterocycles. The Morgan fingerprint density at radius 1 is 1.18 bits per heavy atom. The molecule has 0 nitrogen and oxygen atoms in total. The molecule has 0 saturated heterocycles. The van der Waals surface area contributed by atoms with Gasteiger partial charge in [0.25, 0.3) is 0 Å². The number of benzene rings is 1. The van der Waals surface area contributed by atoms with Gasteiger partial charge in [-0.3, -0.25) is 0 Å². The van der Waals surface area contributed by atoms with E-state index in [0.717, 1.165) is 12.8 Å². The number of halogens is 1. The lowest BCUT2D eigenvalue weighted by Gasteiger charge is -2.26. The van der Waals surface area contributed by atoms with Gasteiger partial charge in [-0.05, 0) is 41.2 Å². The van der Waals surface area contributed by atoms with E-state index in [2.05, 4.69) is 52.0 Å². The van der Waals surface area contributed by atoms with Crippen molar-refractivity contribution in [1.29, 1.82) is 0 Å². The molecule has 1 aliphatic rings. The summed E-state index contributed by atoms with van der Waals surface area (Å²) in [6, 6.07) is 9.16. The van der Waals surface area contributed by atoms with Gasteiger partial charge in [0, 0.05) is 5.38 Å². The molecule has 2 atom stereocenters. The third kappa shape index (κ3) is 2.68. The van der Waals surface area contributed by atoms with Crippen LogP contribution in [0.3, 0.4) is 0 Å². The maximum Gasteiger partial charge on any atom is 0.0344 e. The fourth-order valence-electron chi connectivity index (χ4n) is 2.80. The highest BCUT2D eigenvalue weighted by atomic mass is 35.5. The molecule has 1 aliphatic carbocycles. The first kappa shape index (κ1) is 13.0. The molecule has 2 unspecified atom stereocenters. The molecular weight excluding hydrogens is 228 g/mol. The van der Waals surface area contributed by atoms with Gasteiger partial charge < -0.3 is 0 Å². The van der Waals surface area contributed by atoms with E-state index in [9.17, 15) is 0 Å². The van der Waals surface area contributed by atoms with Gasteiger partial charge in [-0.25, -0.2) is 0 Å². The molecule has 1 aromatic rings. The molecule has 2 rings (SSSR count). The summed E-state index contributed by atoms with van der Waals surface area (Å²) in [4.78, 5) is 0. The average Bonchev–Trinajstić information content (AvgIpc) is 2.59. The SMILES string of the molecule is CC(C)(C)c1ccc(C2(C)CCC(Cl)C2)cc1. The first-order valence-electron chi connectivity index (χ1n) is 6.56. The van der Waals surface area contributed by atoms with E-state index in [1.807, 2.05) is 0 Å². The highest BCUT2D eigenvalue weighted by molar-refractivity contribution is 6.20. The summed E-state index contributed by atoms with van der Waals surface area (Å²) in [5.74, 6) is 0. The van der Waals surface area contributed by atoms with Gasteiger partial charge >= 0.3 is 0 Å². The Balaban J connectivity index is 2.24. The molecule has 0 N–H and O–H groups in total. The Labute approximate surface area is 110 Å². The number of hydrogen-bond donors (Lipinski definition) is 0. The first-order chi connectivity index (χ1) is 7.81. The van der Waals surface area contributed by atoms with Crippen LogP contribution in [0.4, 0.5) is 0 Å². The van der Waals surface area contributed by atoms with E-state index < -0.39 is 0 Å². The van der Waals surface area contributed by atoms with Crippen molar-refractivity contribution >= 4 is 11.6 Å².